The Balaban J connectivity index is 0.000000155. The van der Waals surface area contributed by atoms with Crippen LogP contribution >= 0.6 is 11.6 Å². The van der Waals surface area contributed by atoms with Gasteiger partial charge in [-0.25, -0.2) is 24.3 Å². The van der Waals surface area contributed by atoms with Crippen molar-refractivity contribution >= 4 is 11.6 Å². The van der Waals surface area contributed by atoms with Crippen molar-refractivity contribution in [1.82, 2.24) is 19.9 Å². The average Bonchev–Trinajstić information content (AvgIpc) is 2.99. The van der Waals surface area contributed by atoms with Crippen LogP contribution in [0.15, 0.2) is 134 Å². The average molecular weight is 517 g/mol. The molecule has 0 aliphatic rings. The summed E-state index contributed by atoms with van der Waals surface area (Å²) >= 11 is 6.10. The molecule has 0 spiro atoms. The first kappa shape index (κ1) is 24.9. The third-order valence-electron chi connectivity index (χ3n) is 5.62. The molecule has 0 saturated heterocycles. The SMILES string of the molecule is Clc1cc(-c2ccccc2)nc(-c2ccccc2)n1.Fc1cnc(-c2ccccc2)nc1-c1ccccc1. The standard InChI is InChI=1S/C16H11ClN2.C16H11FN2/c17-15-11-14(12-7-3-1-4-8-12)18-16(19-15)13-9-5-2-6-10-13;17-14-11-18-16(13-9-5-2-6-10-13)19-15(14)12-7-3-1-4-8-12/h2*1-11H. The van der Waals surface area contributed by atoms with Crippen molar-refractivity contribution in [1.29, 1.82) is 0 Å². The molecular formula is C32H22ClFN4. The smallest absolute Gasteiger partial charge is 0.167 e. The molecule has 0 N–H and O–H groups in total. The minimum absolute atomic E-state index is 0.328. The van der Waals surface area contributed by atoms with Crippen molar-refractivity contribution in [3.8, 4) is 45.3 Å². The maximum absolute atomic E-state index is 13.8. The van der Waals surface area contributed by atoms with Crippen LogP contribution in [0.25, 0.3) is 45.3 Å². The number of halogens is 2. The van der Waals surface area contributed by atoms with E-state index in [1.807, 2.05) is 121 Å². The Morgan fingerprint density at radius 2 is 0.974 bits per heavy atom. The Morgan fingerprint density at radius 1 is 0.500 bits per heavy atom. The van der Waals surface area contributed by atoms with Crippen LogP contribution in [0.5, 0.6) is 0 Å². The molecule has 0 radical (unpaired) electrons. The van der Waals surface area contributed by atoms with Crippen LogP contribution in [0.2, 0.25) is 5.15 Å². The molecule has 2 aromatic heterocycles. The van der Waals surface area contributed by atoms with Crippen LogP contribution in [0.4, 0.5) is 4.39 Å². The van der Waals surface area contributed by atoms with Crippen molar-refractivity contribution < 1.29 is 4.39 Å². The number of hydrogen-bond donors (Lipinski definition) is 0. The predicted molar refractivity (Wildman–Crippen MR) is 151 cm³/mol. The van der Waals surface area contributed by atoms with Crippen LogP contribution in [0.3, 0.4) is 0 Å². The maximum atomic E-state index is 13.8. The zero-order chi connectivity index (χ0) is 26.2. The summed E-state index contributed by atoms with van der Waals surface area (Å²) in [6.07, 6.45) is 1.22. The molecule has 4 aromatic carbocycles. The molecule has 0 saturated carbocycles. The van der Waals surface area contributed by atoms with Crippen molar-refractivity contribution in [2.75, 3.05) is 0 Å². The lowest BCUT2D eigenvalue weighted by Gasteiger charge is -2.05. The molecule has 0 amide bonds. The third kappa shape index (κ3) is 6.14. The second kappa shape index (κ2) is 12.0. The molecule has 0 aliphatic carbocycles. The fourth-order valence-corrected chi connectivity index (χ4v) is 3.97. The summed E-state index contributed by atoms with van der Waals surface area (Å²) in [5.74, 6) is 0.763. The Kier molecular flexibility index (Phi) is 7.87. The molecular weight excluding hydrogens is 495 g/mol. The third-order valence-corrected chi connectivity index (χ3v) is 5.81. The van der Waals surface area contributed by atoms with Gasteiger partial charge in [0.2, 0.25) is 0 Å². The lowest BCUT2D eigenvalue weighted by molar-refractivity contribution is 0.619. The van der Waals surface area contributed by atoms with Gasteiger partial charge in [-0.1, -0.05) is 133 Å². The van der Waals surface area contributed by atoms with Crippen LogP contribution in [0, 0.1) is 5.82 Å². The second-order valence-corrected chi connectivity index (χ2v) is 8.64. The Bertz CT molecular complexity index is 1560. The quantitative estimate of drug-likeness (QED) is 0.221. The highest BCUT2D eigenvalue weighted by molar-refractivity contribution is 6.29. The van der Waals surface area contributed by atoms with Gasteiger partial charge in [0.25, 0.3) is 0 Å². The van der Waals surface area contributed by atoms with E-state index in [-0.39, 0.29) is 0 Å². The second-order valence-electron chi connectivity index (χ2n) is 8.25. The molecule has 2 heterocycles. The van der Waals surface area contributed by atoms with Gasteiger partial charge in [0, 0.05) is 28.3 Å². The molecule has 0 fully saturated rings. The van der Waals surface area contributed by atoms with E-state index in [0.717, 1.165) is 27.9 Å². The topological polar surface area (TPSA) is 51.6 Å². The minimum Gasteiger partial charge on any atom is -0.233 e. The molecule has 0 atom stereocenters. The zero-order valence-electron chi connectivity index (χ0n) is 20.2. The molecule has 0 bridgehead atoms. The molecule has 0 aliphatic heterocycles. The largest absolute Gasteiger partial charge is 0.233 e. The van der Waals surface area contributed by atoms with Gasteiger partial charge in [-0.05, 0) is 0 Å². The van der Waals surface area contributed by atoms with Gasteiger partial charge in [-0.3, -0.25) is 0 Å². The fourth-order valence-electron chi connectivity index (χ4n) is 3.78. The van der Waals surface area contributed by atoms with Gasteiger partial charge in [0.05, 0.1) is 11.9 Å². The number of hydrogen-bond acceptors (Lipinski definition) is 4. The lowest BCUT2D eigenvalue weighted by atomic mass is 10.1. The first-order valence-electron chi connectivity index (χ1n) is 12.0. The summed E-state index contributed by atoms with van der Waals surface area (Å²) < 4.78 is 13.8. The molecule has 184 valence electrons. The number of rotatable bonds is 4. The first-order valence-corrected chi connectivity index (χ1v) is 12.3. The van der Waals surface area contributed by atoms with Gasteiger partial charge in [0.1, 0.15) is 10.8 Å². The first-order chi connectivity index (χ1) is 18.7. The highest BCUT2D eigenvalue weighted by Crippen LogP contribution is 2.25. The monoisotopic (exact) mass is 516 g/mol. The summed E-state index contributed by atoms with van der Waals surface area (Å²) in [5, 5.41) is 0.452. The summed E-state index contributed by atoms with van der Waals surface area (Å²) in [5.41, 5.74) is 4.78. The molecule has 6 rings (SSSR count). The number of benzene rings is 4. The summed E-state index contributed by atoms with van der Waals surface area (Å²) in [6, 6.07) is 40.4. The van der Waals surface area contributed by atoms with E-state index in [1.54, 1.807) is 6.07 Å². The Hall–Kier alpha value is -4.74. The summed E-state index contributed by atoms with van der Waals surface area (Å²) in [4.78, 5) is 17.2. The van der Waals surface area contributed by atoms with Crippen LogP contribution < -0.4 is 0 Å². The van der Waals surface area contributed by atoms with Crippen molar-refractivity contribution in [2.45, 2.75) is 0 Å². The summed E-state index contributed by atoms with van der Waals surface area (Å²) in [7, 11) is 0. The van der Waals surface area contributed by atoms with E-state index < -0.39 is 5.82 Å². The van der Waals surface area contributed by atoms with Gasteiger partial charge in [-0.2, -0.15) is 0 Å². The molecule has 0 unspecified atom stereocenters. The number of nitrogens with zero attached hydrogens (tertiary/aromatic N) is 4. The van der Waals surface area contributed by atoms with E-state index in [0.29, 0.717) is 22.5 Å². The van der Waals surface area contributed by atoms with Gasteiger partial charge in [0.15, 0.2) is 17.5 Å². The Morgan fingerprint density at radius 3 is 1.53 bits per heavy atom. The van der Waals surface area contributed by atoms with Gasteiger partial charge >= 0.3 is 0 Å². The molecule has 6 heteroatoms. The van der Waals surface area contributed by atoms with Crippen LogP contribution in [0.1, 0.15) is 0 Å². The minimum atomic E-state index is -0.411. The van der Waals surface area contributed by atoms with Crippen LogP contribution in [-0.2, 0) is 0 Å². The molecule has 4 nitrogen and oxygen atoms in total. The normalized spacial score (nSPS) is 10.4. The van der Waals surface area contributed by atoms with Crippen molar-refractivity contribution in [3.63, 3.8) is 0 Å². The van der Waals surface area contributed by atoms with E-state index in [4.69, 9.17) is 11.6 Å². The lowest BCUT2D eigenvalue weighted by Crippen LogP contribution is -1.95. The fraction of sp³-hybridized carbons (Fsp3) is 0. The van der Waals surface area contributed by atoms with E-state index in [9.17, 15) is 4.39 Å². The zero-order valence-corrected chi connectivity index (χ0v) is 21.0. The van der Waals surface area contributed by atoms with Crippen LogP contribution in [-0.4, -0.2) is 19.9 Å². The summed E-state index contributed by atoms with van der Waals surface area (Å²) in [6.45, 7) is 0. The van der Waals surface area contributed by atoms with Gasteiger partial charge in [-0.15, -0.1) is 0 Å². The van der Waals surface area contributed by atoms with E-state index in [1.165, 1.54) is 6.20 Å². The number of aromatic nitrogens is 4. The predicted octanol–water partition coefficient (Wildman–Crippen LogP) is 8.41. The highest BCUT2D eigenvalue weighted by Gasteiger charge is 2.10. The molecule has 38 heavy (non-hydrogen) atoms. The maximum Gasteiger partial charge on any atom is 0.167 e. The van der Waals surface area contributed by atoms with E-state index in [2.05, 4.69) is 19.9 Å². The molecule has 6 aromatic rings. The van der Waals surface area contributed by atoms with Crippen molar-refractivity contribution in [3.05, 3.63) is 145 Å². The van der Waals surface area contributed by atoms with Gasteiger partial charge < -0.3 is 0 Å². The van der Waals surface area contributed by atoms with Crippen molar-refractivity contribution in [2.24, 2.45) is 0 Å². The van der Waals surface area contributed by atoms with E-state index >= 15 is 0 Å². The highest BCUT2D eigenvalue weighted by atomic mass is 35.5. The Labute approximate surface area is 225 Å².